The molecule has 3 heteroatoms. The summed E-state index contributed by atoms with van der Waals surface area (Å²) in [6.45, 7) is 3.63. The van der Waals surface area contributed by atoms with Crippen molar-refractivity contribution >= 4 is 5.82 Å². The summed E-state index contributed by atoms with van der Waals surface area (Å²) in [7, 11) is 0. The predicted molar refractivity (Wildman–Crippen MR) is 78.3 cm³/mol. The van der Waals surface area contributed by atoms with E-state index in [0.29, 0.717) is 6.54 Å². The van der Waals surface area contributed by atoms with E-state index in [1.807, 2.05) is 13.0 Å². The molecule has 2 N–H and O–H groups in total. The Morgan fingerprint density at radius 1 is 1.21 bits per heavy atom. The monoisotopic (exact) mass is 253 g/mol. The Labute approximate surface area is 114 Å². The quantitative estimate of drug-likeness (QED) is 0.894. The molecule has 0 bridgehead atoms. The van der Waals surface area contributed by atoms with Crippen LogP contribution in [0.3, 0.4) is 0 Å². The molecule has 1 atom stereocenters. The average Bonchev–Trinajstić information content (AvgIpc) is 2.46. The zero-order valence-electron chi connectivity index (χ0n) is 11.2. The Bertz CT molecular complexity index is 580. The molecule has 1 aliphatic heterocycles. The normalized spacial score (nSPS) is 18.2. The van der Waals surface area contributed by atoms with Gasteiger partial charge in [-0.15, -0.1) is 0 Å². The third kappa shape index (κ3) is 2.22. The third-order valence-corrected chi connectivity index (χ3v) is 3.80. The SMILES string of the molecule is Cc1cccc(N2CCc3ccccc3C2CN)n1. The molecule has 19 heavy (non-hydrogen) atoms. The van der Waals surface area contributed by atoms with Gasteiger partial charge in [0.2, 0.25) is 0 Å². The second-order valence-electron chi connectivity index (χ2n) is 5.03. The summed E-state index contributed by atoms with van der Waals surface area (Å²) in [5, 5.41) is 0. The van der Waals surface area contributed by atoms with Crippen molar-refractivity contribution in [2.24, 2.45) is 5.73 Å². The highest BCUT2D eigenvalue weighted by Crippen LogP contribution is 2.32. The van der Waals surface area contributed by atoms with Gasteiger partial charge in [-0.05, 0) is 36.6 Å². The summed E-state index contributed by atoms with van der Waals surface area (Å²) < 4.78 is 0. The van der Waals surface area contributed by atoms with Crippen LogP contribution >= 0.6 is 0 Å². The topological polar surface area (TPSA) is 42.1 Å². The van der Waals surface area contributed by atoms with Gasteiger partial charge in [-0.25, -0.2) is 4.98 Å². The number of nitrogens with two attached hydrogens (primary N) is 1. The minimum atomic E-state index is 0.235. The van der Waals surface area contributed by atoms with Gasteiger partial charge in [-0.1, -0.05) is 30.3 Å². The van der Waals surface area contributed by atoms with Gasteiger partial charge in [0.25, 0.3) is 0 Å². The molecule has 0 amide bonds. The number of pyridine rings is 1. The molecule has 3 nitrogen and oxygen atoms in total. The largest absolute Gasteiger partial charge is 0.348 e. The maximum Gasteiger partial charge on any atom is 0.129 e. The first-order chi connectivity index (χ1) is 9.29. The fourth-order valence-electron chi connectivity index (χ4n) is 2.87. The van der Waals surface area contributed by atoms with Crippen LogP contribution in [0.2, 0.25) is 0 Å². The molecule has 98 valence electrons. The average molecular weight is 253 g/mol. The Morgan fingerprint density at radius 3 is 2.84 bits per heavy atom. The van der Waals surface area contributed by atoms with E-state index in [9.17, 15) is 0 Å². The Kier molecular flexibility index (Phi) is 3.22. The Morgan fingerprint density at radius 2 is 2.05 bits per heavy atom. The highest BCUT2D eigenvalue weighted by Gasteiger charge is 2.26. The van der Waals surface area contributed by atoms with Crippen LogP contribution in [0.5, 0.6) is 0 Å². The summed E-state index contributed by atoms with van der Waals surface area (Å²) in [5.74, 6) is 1.03. The zero-order chi connectivity index (χ0) is 13.2. The summed E-state index contributed by atoms with van der Waals surface area (Å²) in [5.41, 5.74) is 9.83. The lowest BCUT2D eigenvalue weighted by Crippen LogP contribution is -2.39. The van der Waals surface area contributed by atoms with Crippen LogP contribution in [0, 0.1) is 6.92 Å². The van der Waals surface area contributed by atoms with Crippen LogP contribution in [0.4, 0.5) is 5.82 Å². The van der Waals surface area contributed by atoms with E-state index < -0.39 is 0 Å². The van der Waals surface area contributed by atoms with Gasteiger partial charge >= 0.3 is 0 Å². The lowest BCUT2D eigenvalue weighted by atomic mass is 9.92. The second kappa shape index (κ2) is 5.02. The molecule has 2 heterocycles. The fourth-order valence-corrected chi connectivity index (χ4v) is 2.87. The van der Waals surface area contributed by atoms with Crippen molar-refractivity contribution in [1.29, 1.82) is 0 Å². The van der Waals surface area contributed by atoms with Gasteiger partial charge in [0.05, 0.1) is 6.04 Å². The molecule has 0 spiro atoms. The third-order valence-electron chi connectivity index (χ3n) is 3.80. The van der Waals surface area contributed by atoms with E-state index in [2.05, 4.69) is 46.3 Å². The number of hydrogen-bond donors (Lipinski definition) is 1. The highest BCUT2D eigenvalue weighted by atomic mass is 15.2. The van der Waals surface area contributed by atoms with Gasteiger partial charge in [0.1, 0.15) is 5.82 Å². The minimum Gasteiger partial charge on any atom is -0.348 e. The van der Waals surface area contributed by atoms with Crippen molar-refractivity contribution in [2.75, 3.05) is 18.0 Å². The van der Waals surface area contributed by atoms with E-state index in [4.69, 9.17) is 5.73 Å². The van der Waals surface area contributed by atoms with E-state index in [1.54, 1.807) is 0 Å². The maximum absolute atomic E-state index is 6.01. The van der Waals surface area contributed by atoms with Crippen LogP contribution in [0.1, 0.15) is 22.9 Å². The van der Waals surface area contributed by atoms with Gasteiger partial charge in [-0.2, -0.15) is 0 Å². The predicted octanol–water partition coefficient (Wildman–Crippen LogP) is 2.45. The molecule has 0 saturated carbocycles. The maximum atomic E-state index is 6.01. The van der Waals surface area contributed by atoms with E-state index in [1.165, 1.54) is 11.1 Å². The molecule has 3 rings (SSSR count). The van der Waals surface area contributed by atoms with Gasteiger partial charge in [0.15, 0.2) is 0 Å². The molecule has 0 saturated heterocycles. The lowest BCUT2D eigenvalue weighted by molar-refractivity contribution is 0.583. The first-order valence-corrected chi connectivity index (χ1v) is 6.78. The van der Waals surface area contributed by atoms with Crippen molar-refractivity contribution in [3.63, 3.8) is 0 Å². The number of nitrogens with zero attached hydrogens (tertiary/aromatic N) is 2. The Hall–Kier alpha value is -1.87. The highest BCUT2D eigenvalue weighted by molar-refractivity contribution is 5.48. The van der Waals surface area contributed by atoms with Crippen molar-refractivity contribution < 1.29 is 0 Å². The molecule has 1 aliphatic rings. The van der Waals surface area contributed by atoms with Crippen molar-refractivity contribution in [2.45, 2.75) is 19.4 Å². The number of anilines is 1. The van der Waals surface area contributed by atoms with Crippen LogP contribution < -0.4 is 10.6 Å². The summed E-state index contributed by atoms with van der Waals surface area (Å²) >= 11 is 0. The molecule has 1 aromatic carbocycles. The minimum absolute atomic E-state index is 0.235. The molecule has 1 unspecified atom stereocenters. The summed E-state index contributed by atoms with van der Waals surface area (Å²) in [6.07, 6.45) is 1.06. The number of fused-ring (bicyclic) bond motifs is 1. The number of aromatic nitrogens is 1. The van der Waals surface area contributed by atoms with Gasteiger partial charge in [0, 0.05) is 18.8 Å². The standard InChI is InChI=1S/C16H19N3/c1-12-5-4-8-16(18-12)19-10-9-13-6-2-3-7-14(13)15(19)11-17/h2-8,15H,9-11,17H2,1H3. The molecule has 2 aromatic rings. The number of benzene rings is 1. The van der Waals surface area contributed by atoms with E-state index in [0.717, 1.165) is 24.5 Å². The lowest BCUT2D eigenvalue weighted by Gasteiger charge is -2.37. The van der Waals surface area contributed by atoms with Crippen molar-refractivity contribution in [1.82, 2.24) is 4.98 Å². The van der Waals surface area contributed by atoms with Crippen molar-refractivity contribution in [3.05, 3.63) is 59.3 Å². The van der Waals surface area contributed by atoms with Gasteiger partial charge < -0.3 is 10.6 Å². The van der Waals surface area contributed by atoms with E-state index >= 15 is 0 Å². The van der Waals surface area contributed by atoms with Crippen LogP contribution in [0.15, 0.2) is 42.5 Å². The first-order valence-electron chi connectivity index (χ1n) is 6.78. The molecular formula is C16H19N3. The van der Waals surface area contributed by atoms with Crippen LogP contribution in [-0.2, 0) is 6.42 Å². The number of hydrogen-bond acceptors (Lipinski definition) is 3. The summed E-state index contributed by atoms with van der Waals surface area (Å²) in [4.78, 5) is 6.97. The smallest absolute Gasteiger partial charge is 0.129 e. The Balaban J connectivity index is 2.00. The molecule has 0 aliphatic carbocycles. The fraction of sp³-hybridized carbons (Fsp3) is 0.312. The molecular weight excluding hydrogens is 234 g/mol. The van der Waals surface area contributed by atoms with Crippen LogP contribution in [0.25, 0.3) is 0 Å². The number of rotatable bonds is 2. The second-order valence-corrected chi connectivity index (χ2v) is 5.03. The molecule has 1 aromatic heterocycles. The number of aryl methyl sites for hydroxylation is 1. The first kappa shape index (κ1) is 12.2. The summed E-state index contributed by atoms with van der Waals surface area (Å²) in [6, 6.07) is 15.0. The molecule has 0 fully saturated rings. The zero-order valence-corrected chi connectivity index (χ0v) is 11.2. The van der Waals surface area contributed by atoms with E-state index in [-0.39, 0.29) is 6.04 Å². The van der Waals surface area contributed by atoms with Crippen molar-refractivity contribution in [3.8, 4) is 0 Å². The van der Waals surface area contributed by atoms with Gasteiger partial charge in [-0.3, -0.25) is 0 Å². The molecule has 0 radical (unpaired) electrons. The van der Waals surface area contributed by atoms with Crippen LogP contribution in [-0.4, -0.2) is 18.1 Å².